The molecule has 1 amide bonds. The molecular weight excluding hydrogens is 342 g/mol. The highest BCUT2D eigenvalue weighted by Gasteiger charge is 2.34. The summed E-state index contributed by atoms with van der Waals surface area (Å²) in [5.41, 5.74) is 1.96. The number of hydrogen-bond donors (Lipinski definition) is 1. The average Bonchev–Trinajstić information content (AvgIpc) is 3.52. The number of aliphatic carboxylic acids is 1. The zero-order valence-corrected chi connectivity index (χ0v) is 15.5. The molecule has 0 aliphatic heterocycles. The van der Waals surface area contributed by atoms with Gasteiger partial charge in [-0.15, -0.1) is 0 Å². The zero-order chi connectivity index (χ0) is 19.2. The molecule has 2 aromatic rings. The largest absolute Gasteiger partial charge is 0.481 e. The second kappa shape index (κ2) is 8.82. The molecule has 1 unspecified atom stereocenters. The highest BCUT2D eigenvalue weighted by Crippen LogP contribution is 2.29. The molecule has 1 fully saturated rings. The van der Waals surface area contributed by atoms with Gasteiger partial charge in [0.2, 0.25) is 5.91 Å². The van der Waals surface area contributed by atoms with E-state index in [1.54, 1.807) is 11.8 Å². The van der Waals surface area contributed by atoms with Crippen LogP contribution < -0.4 is 0 Å². The summed E-state index contributed by atoms with van der Waals surface area (Å²) in [5, 5.41) is 9.16. The van der Waals surface area contributed by atoms with Gasteiger partial charge in [0.15, 0.2) is 0 Å². The Morgan fingerprint density at radius 1 is 1.04 bits per heavy atom. The van der Waals surface area contributed by atoms with Crippen LogP contribution >= 0.6 is 0 Å². The fourth-order valence-electron chi connectivity index (χ4n) is 3.09. The minimum absolute atomic E-state index is 0.0721. The van der Waals surface area contributed by atoms with E-state index in [2.05, 4.69) is 0 Å². The van der Waals surface area contributed by atoms with Gasteiger partial charge in [-0.05, 0) is 24.0 Å². The molecule has 2 aromatic carbocycles. The van der Waals surface area contributed by atoms with Gasteiger partial charge in [0.25, 0.3) is 0 Å². The van der Waals surface area contributed by atoms with Crippen LogP contribution in [0.5, 0.6) is 0 Å². The third kappa shape index (κ3) is 5.17. The van der Waals surface area contributed by atoms with E-state index in [-0.39, 0.29) is 31.2 Å². The summed E-state index contributed by atoms with van der Waals surface area (Å²) in [6.07, 6.45) is 1.52. The maximum absolute atomic E-state index is 12.8. The van der Waals surface area contributed by atoms with E-state index in [4.69, 9.17) is 9.84 Å². The Bertz CT molecular complexity index is 719. The molecule has 5 nitrogen and oxygen atoms in total. The van der Waals surface area contributed by atoms with Crippen molar-refractivity contribution in [1.29, 1.82) is 0 Å². The molecule has 0 saturated heterocycles. The molecule has 1 aliphatic rings. The van der Waals surface area contributed by atoms with Crippen molar-refractivity contribution in [3.63, 3.8) is 0 Å². The number of rotatable bonds is 9. The molecule has 0 radical (unpaired) electrons. The summed E-state index contributed by atoms with van der Waals surface area (Å²) in [7, 11) is 0. The van der Waals surface area contributed by atoms with E-state index >= 15 is 0 Å². The quantitative estimate of drug-likeness (QED) is 0.737. The maximum Gasteiger partial charge on any atom is 0.308 e. The van der Waals surface area contributed by atoms with Crippen LogP contribution in [0.15, 0.2) is 60.7 Å². The highest BCUT2D eigenvalue weighted by atomic mass is 16.5. The van der Waals surface area contributed by atoms with Gasteiger partial charge in [-0.3, -0.25) is 9.59 Å². The Labute approximate surface area is 159 Å². The van der Waals surface area contributed by atoms with Crippen molar-refractivity contribution in [2.75, 3.05) is 13.2 Å². The predicted molar refractivity (Wildman–Crippen MR) is 102 cm³/mol. The van der Waals surface area contributed by atoms with Gasteiger partial charge < -0.3 is 14.7 Å². The monoisotopic (exact) mass is 367 g/mol. The molecular formula is C22H25NO4. The lowest BCUT2D eigenvalue weighted by Gasteiger charge is -2.26. The van der Waals surface area contributed by atoms with E-state index in [1.165, 1.54) is 0 Å². The first-order chi connectivity index (χ1) is 13.1. The van der Waals surface area contributed by atoms with Gasteiger partial charge >= 0.3 is 5.97 Å². The van der Waals surface area contributed by atoms with Crippen LogP contribution in [0.1, 0.15) is 37.0 Å². The Morgan fingerprint density at radius 3 is 2.00 bits per heavy atom. The van der Waals surface area contributed by atoms with Gasteiger partial charge in [-0.2, -0.15) is 0 Å². The lowest BCUT2D eigenvalue weighted by Crippen LogP contribution is -2.40. The molecule has 0 heterocycles. The molecule has 5 heteroatoms. The number of nitrogens with zero attached hydrogens (tertiary/aromatic N) is 1. The Hall–Kier alpha value is -2.66. The van der Waals surface area contributed by atoms with E-state index in [0.717, 1.165) is 24.0 Å². The first-order valence-corrected chi connectivity index (χ1v) is 9.30. The fraction of sp³-hybridized carbons (Fsp3) is 0.364. The number of carbonyl (C=O) groups is 2. The van der Waals surface area contributed by atoms with Gasteiger partial charge in [-0.1, -0.05) is 67.6 Å². The topological polar surface area (TPSA) is 66.8 Å². The number of carboxylic acid groups (broad SMARTS) is 1. The summed E-state index contributed by atoms with van der Waals surface area (Å²) in [4.78, 5) is 25.6. The Balaban J connectivity index is 1.70. The number of benzene rings is 2. The van der Waals surface area contributed by atoms with Crippen molar-refractivity contribution in [3.05, 3.63) is 71.8 Å². The van der Waals surface area contributed by atoms with Crippen LogP contribution in [-0.2, 0) is 14.3 Å². The number of carbonyl (C=O) groups excluding carboxylic acids is 1. The molecule has 27 heavy (non-hydrogen) atoms. The van der Waals surface area contributed by atoms with Crippen molar-refractivity contribution >= 4 is 11.9 Å². The van der Waals surface area contributed by atoms with Crippen molar-refractivity contribution in [2.24, 2.45) is 5.92 Å². The maximum atomic E-state index is 12.8. The molecule has 1 aliphatic carbocycles. The van der Waals surface area contributed by atoms with Gasteiger partial charge in [0.05, 0.1) is 5.92 Å². The van der Waals surface area contributed by atoms with Gasteiger partial charge in [-0.25, -0.2) is 0 Å². The van der Waals surface area contributed by atoms with Crippen molar-refractivity contribution in [1.82, 2.24) is 4.90 Å². The van der Waals surface area contributed by atoms with Crippen LogP contribution in [0.3, 0.4) is 0 Å². The normalized spacial score (nSPS) is 14.7. The second-order valence-electron chi connectivity index (χ2n) is 7.03. The van der Waals surface area contributed by atoms with Crippen LogP contribution in [-0.4, -0.2) is 41.1 Å². The minimum atomic E-state index is -0.888. The number of hydrogen-bond acceptors (Lipinski definition) is 3. The first-order valence-electron chi connectivity index (χ1n) is 9.30. The van der Waals surface area contributed by atoms with Crippen LogP contribution in [0.25, 0.3) is 0 Å². The Morgan fingerprint density at radius 2 is 1.56 bits per heavy atom. The van der Waals surface area contributed by atoms with Gasteiger partial charge in [0.1, 0.15) is 12.7 Å². The summed E-state index contributed by atoms with van der Waals surface area (Å²) >= 11 is 0. The summed E-state index contributed by atoms with van der Waals surface area (Å²) in [5.74, 6) is -1.63. The standard InChI is InChI=1S/C22H25NO4/c1-16(22(25)26)14-23(19-12-13-19)20(24)15-27-21(17-8-4-2-5-9-17)18-10-6-3-7-11-18/h2-11,16,19,21H,12-15H2,1H3,(H,25,26). The molecule has 0 spiro atoms. The lowest BCUT2D eigenvalue weighted by atomic mass is 10.0. The van der Waals surface area contributed by atoms with Crippen LogP contribution in [0.4, 0.5) is 0 Å². The summed E-state index contributed by atoms with van der Waals surface area (Å²) < 4.78 is 6.04. The third-order valence-corrected chi connectivity index (χ3v) is 4.78. The van der Waals surface area contributed by atoms with E-state index in [9.17, 15) is 9.59 Å². The molecule has 1 atom stereocenters. The van der Waals surface area contributed by atoms with Crippen LogP contribution in [0.2, 0.25) is 0 Å². The molecule has 0 aromatic heterocycles. The van der Waals surface area contributed by atoms with Crippen molar-refractivity contribution in [3.8, 4) is 0 Å². The average molecular weight is 367 g/mol. The lowest BCUT2D eigenvalue weighted by molar-refractivity contribution is -0.144. The number of amides is 1. The molecule has 142 valence electrons. The van der Waals surface area contributed by atoms with E-state index < -0.39 is 11.9 Å². The van der Waals surface area contributed by atoms with Crippen LogP contribution in [0, 0.1) is 5.92 Å². The zero-order valence-electron chi connectivity index (χ0n) is 15.5. The van der Waals surface area contributed by atoms with E-state index in [0.29, 0.717) is 0 Å². The molecule has 0 bridgehead atoms. The van der Waals surface area contributed by atoms with Crippen molar-refractivity contribution in [2.45, 2.75) is 31.9 Å². The first kappa shape index (κ1) is 19.1. The van der Waals surface area contributed by atoms with E-state index in [1.807, 2.05) is 60.7 Å². The summed E-state index contributed by atoms with van der Waals surface area (Å²) in [6.45, 7) is 1.78. The molecule has 1 N–H and O–H groups in total. The SMILES string of the molecule is CC(CN(C(=O)COC(c1ccccc1)c1ccccc1)C1CC1)C(=O)O. The molecule has 3 rings (SSSR count). The third-order valence-electron chi connectivity index (χ3n) is 4.78. The number of carboxylic acids is 1. The number of ether oxygens (including phenoxy) is 1. The smallest absolute Gasteiger partial charge is 0.308 e. The minimum Gasteiger partial charge on any atom is -0.481 e. The van der Waals surface area contributed by atoms with Crippen molar-refractivity contribution < 1.29 is 19.4 Å². The molecule has 1 saturated carbocycles. The highest BCUT2D eigenvalue weighted by molar-refractivity contribution is 5.79. The Kier molecular flexibility index (Phi) is 6.24. The second-order valence-corrected chi connectivity index (χ2v) is 7.03. The predicted octanol–water partition coefficient (Wildman–Crippen LogP) is 3.50. The fourth-order valence-corrected chi connectivity index (χ4v) is 3.09. The van der Waals surface area contributed by atoms with Gasteiger partial charge in [0, 0.05) is 12.6 Å². The summed E-state index contributed by atoms with van der Waals surface area (Å²) in [6, 6.07) is 19.7.